The SMILES string of the molecule is CNC(=O)c1cccc(NC(=O)COC(=O)C2CC3CCCC(C2)C3=O)c1. The van der Waals surface area contributed by atoms with Crippen LogP contribution in [0.5, 0.6) is 0 Å². The minimum Gasteiger partial charge on any atom is -0.455 e. The first-order valence-corrected chi connectivity index (χ1v) is 9.30. The number of hydrogen-bond acceptors (Lipinski definition) is 5. The molecule has 3 rings (SSSR count). The zero-order valence-corrected chi connectivity index (χ0v) is 15.3. The second-order valence-electron chi connectivity index (χ2n) is 7.21. The average Bonchev–Trinajstić information content (AvgIpc) is 2.65. The predicted molar refractivity (Wildman–Crippen MR) is 98.0 cm³/mol. The van der Waals surface area contributed by atoms with E-state index >= 15 is 0 Å². The summed E-state index contributed by atoms with van der Waals surface area (Å²) in [5.41, 5.74) is 0.876. The van der Waals surface area contributed by atoms with E-state index in [1.165, 1.54) is 7.05 Å². The Morgan fingerprint density at radius 3 is 2.52 bits per heavy atom. The van der Waals surface area contributed by atoms with Crippen LogP contribution in [-0.4, -0.2) is 37.2 Å². The van der Waals surface area contributed by atoms with Crippen molar-refractivity contribution in [3.8, 4) is 0 Å². The van der Waals surface area contributed by atoms with Crippen molar-refractivity contribution in [3.63, 3.8) is 0 Å². The van der Waals surface area contributed by atoms with E-state index in [2.05, 4.69) is 10.6 Å². The van der Waals surface area contributed by atoms with Crippen molar-refractivity contribution in [2.45, 2.75) is 32.1 Å². The first kappa shape index (κ1) is 19.1. The standard InChI is InChI=1S/C20H24N2O5/c1-21-19(25)14-6-3-7-16(10-14)22-17(23)11-27-20(26)15-8-12-4-2-5-13(9-15)18(12)24/h3,6-7,10,12-13,15H,2,4-5,8-9,11H2,1H3,(H,21,25)(H,22,23). The van der Waals surface area contributed by atoms with Crippen LogP contribution >= 0.6 is 0 Å². The van der Waals surface area contributed by atoms with E-state index in [9.17, 15) is 19.2 Å². The van der Waals surface area contributed by atoms with Gasteiger partial charge in [0.05, 0.1) is 5.92 Å². The van der Waals surface area contributed by atoms with Crippen LogP contribution in [0.25, 0.3) is 0 Å². The molecule has 2 fully saturated rings. The van der Waals surface area contributed by atoms with Crippen LogP contribution in [0.15, 0.2) is 24.3 Å². The van der Waals surface area contributed by atoms with E-state index in [1.807, 2.05) is 0 Å². The Balaban J connectivity index is 1.50. The zero-order valence-electron chi connectivity index (χ0n) is 15.3. The second-order valence-corrected chi connectivity index (χ2v) is 7.21. The van der Waals surface area contributed by atoms with Crippen molar-refractivity contribution >= 4 is 29.3 Å². The average molecular weight is 372 g/mol. The van der Waals surface area contributed by atoms with Gasteiger partial charge in [-0.3, -0.25) is 19.2 Å². The van der Waals surface area contributed by atoms with Crippen LogP contribution < -0.4 is 10.6 Å². The van der Waals surface area contributed by atoms with E-state index in [1.54, 1.807) is 24.3 Å². The molecule has 2 amide bonds. The minimum atomic E-state index is -0.468. The van der Waals surface area contributed by atoms with E-state index in [-0.39, 0.29) is 30.3 Å². The lowest BCUT2D eigenvalue weighted by molar-refractivity contribution is -0.155. The highest BCUT2D eigenvalue weighted by Crippen LogP contribution is 2.40. The highest BCUT2D eigenvalue weighted by Gasteiger charge is 2.41. The number of rotatable bonds is 5. The molecule has 1 aromatic rings. The topological polar surface area (TPSA) is 102 Å². The van der Waals surface area contributed by atoms with Crippen molar-refractivity contribution in [1.82, 2.24) is 5.32 Å². The zero-order chi connectivity index (χ0) is 19.4. The van der Waals surface area contributed by atoms with Gasteiger partial charge in [0.25, 0.3) is 11.8 Å². The monoisotopic (exact) mass is 372 g/mol. The van der Waals surface area contributed by atoms with Gasteiger partial charge >= 0.3 is 5.97 Å². The number of nitrogens with one attached hydrogen (secondary N) is 2. The maximum atomic E-state index is 12.3. The largest absolute Gasteiger partial charge is 0.455 e. The molecule has 2 N–H and O–H groups in total. The summed E-state index contributed by atoms with van der Waals surface area (Å²) >= 11 is 0. The summed E-state index contributed by atoms with van der Waals surface area (Å²) in [4.78, 5) is 48.1. The molecule has 0 heterocycles. The van der Waals surface area contributed by atoms with Crippen LogP contribution in [0, 0.1) is 17.8 Å². The lowest BCUT2D eigenvalue weighted by Gasteiger charge is -2.36. The van der Waals surface area contributed by atoms with Crippen molar-refractivity contribution in [1.29, 1.82) is 0 Å². The van der Waals surface area contributed by atoms with Crippen LogP contribution in [0.3, 0.4) is 0 Å². The van der Waals surface area contributed by atoms with E-state index in [0.29, 0.717) is 29.9 Å². The summed E-state index contributed by atoms with van der Waals surface area (Å²) < 4.78 is 5.17. The molecule has 0 aromatic heterocycles. The molecule has 2 bridgehead atoms. The number of hydrogen-bond donors (Lipinski definition) is 2. The lowest BCUT2D eigenvalue weighted by atomic mass is 9.67. The number of Topliss-reactive ketones (excluding diaryl/α,β-unsaturated/α-hetero) is 1. The molecule has 27 heavy (non-hydrogen) atoms. The van der Waals surface area contributed by atoms with Gasteiger partial charge in [-0.05, 0) is 43.9 Å². The highest BCUT2D eigenvalue weighted by atomic mass is 16.5. The van der Waals surface area contributed by atoms with Gasteiger partial charge in [-0.2, -0.15) is 0 Å². The first-order valence-electron chi connectivity index (χ1n) is 9.30. The third kappa shape index (κ3) is 4.53. The summed E-state index contributed by atoms with van der Waals surface area (Å²) in [6.45, 7) is -0.386. The molecule has 1 aromatic carbocycles. The summed E-state index contributed by atoms with van der Waals surface area (Å²) in [6, 6.07) is 6.49. The summed E-state index contributed by atoms with van der Waals surface area (Å²) in [7, 11) is 1.53. The first-order chi connectivity index (χ1) is 13.0. The normalized spacial score (nSPS) is 24.0. The molecule has 2 aliphatic rings. The molecule has 0 saturated heterocycles. The van der Waals surface area contributed by atoms with Crippen LogP contribution in [-0.2, 0) is 19.1 Å². The summed E-state index contributed by atoms with van der Waals surface area (Å²) in [6.07, 6.45) is 3.80. The maximum Gasteiger partial charge on any atom is 0.309 e. The van der Waals surface area contributed by atoms with Crippen LogP contribution in [0.4, 0.5) is 5.69 Å². The third-order valence-electron chi connectivity index (χ3n) is 5.36. The van der Waals surface area contributed by atoms with Crippen LogP contribution in [0.2, 0.25) is 0 Å². The van der Waals surface area contributed by atoms with Gasteiger partial charge in [-0.15, -0.1) is 0 Å². The van der Waals surface area contributed by atoms with Gasteiger partial charge < -0.3 is 15.4 Å². The fourth-order valence-corrected chi connectivity index (χ4v) is 4.01. The van der Waals surface area contributed by atoms with Crippen molar-refractivity contribution in [3.05, 3.63) is 29.8 Å². The second kappa shape index (κ2) is 8.33. The molecular formula is C20H24N2O5. The number of benzene rings is 1. The summed E-state index contributed by atoms with van der Waals surface area (Å²) in [5, 5.41) is 5.13. The Bertz CT molecular complexity index is 744. The van der Waals surface area contributed by atoms with Gasteiger partial charge in [-0.25, -0.2) is 0 Å². The molecule has 7 nitrogen and oxygen atoms in total. The number of ether oxygens (including phenoxy) is 1. The fraction of sp³-hybridized carbons (Fsp3) is 0.500. The number of esters is 1. The molecule has 0 spiro atoms. The van der Waals surface area contributed by atoms with Gasteiger partial charge in [-0.1, -0.05) is 12.5 Å². The van der Waals surface area contributed by atoms with E-state index in [0.717, 1.165) is 19.3 Å². The smallest absolute Gasteiger partial charge is 0.309 e. The molecule has 2 unspecified atom stereocenters. The molecular weight excluding hydrogens is 348 g/mol. The number of fused-ring (bicyclic) bond motifs is 2. The Morgan fingerprint density at radius 1 is 1.15 bits per heavy atom. The lowest BCUT2D eigenvalue weighted by Crippen LogP contribution is -2.40. The number of ketones is 1. The number of anilines is 1. The summed E-state index contributed by atoms with van der Waals surface area (Å²) in [5.74, 6) is -1.21. The Morgan fingerprint density at radius 2 is 1.85 bits per heavy atom. The van der Waals surface area contributed by atoms with Gasteiger partial charge in [0.1, 0.15) is 5.78 Å². The van der Waals surface area contributed by atoms with E-state index in [4.69, 9.17) is 4.74 Å². The molecule has 2 aliphatic carbocycles. The predicted octanol–water partition coefficient (Wildman–Crippen LogP) is 1.92. The fourth-order valence-electron chi connectivity index (χ4n) is 4.01. The Labute approximate surface area is 157 Å². The molecule has 2 saturated carbocycles. The number of amides is 2. The molecule has 0 radical (unpaired) electrons. The van der Waals surface area contributed by atoms with E-state index < -0.39 is 11.9 Å². The number of carbonyl (C=O) groups is 4. The molecule has 144 valence electrons. The molecule has 7 heteroatoms. The van der Waals surface area contributed by atoms with Crippen molar-refractivity contribution < 1.29 is 23.9 Å². The Kier molecular flexibility index (Phi) is 5.88. The van der Waals surface area contributed by atoms with Gasteiger partial charge in [0.15, 0.2) is 6.61 Å². The van der Waals surface area contributed by atoms with Crippen molar-refractivity contribution in [2.24, 2.45) is 17.8 Å². The molecule has 2 atom stereocenters. The molecule has 0 aliphatic heterocycles. The van der Waals surface area contributed by atoms with Crippen molar-refractivity contribution in [2.75, 3.05) is 19.0 Å². The number of carbonyl (C=O) groups excluding carboxylic acids is 4. The quantitative estimate of drug-likeness (QED) is 0.769. The van der Waals surface area contributed by atoms with Gasteiger partial charge in [0, 0.05) is 30.1 Å². The highest BCUT2D eigenvalue weighted by molar-refractivity contribution is 5.97. The van der Waals surface area contributed by atoms with Crippen LogP contribution in [0.1, 0.15) is 42.5 Å². The minimum absolute atomic E-state index is 0.0312. The van der Waals surface area contributed by atoms with Gasteiger partial charge in [0.2, 0.25) is 0 Å². The maximum absolute atomic E-state index is 12.3. The third-order valence-corrected chi connectivity index (χ3v) is 5.36. The Hall–Kier alpha value is -2.70.